The summed E-state index contributed by atoms with van der Waals surface area (Å²) in [5.41, 5.74) is 2.48. The molecule has 0 bridgehead atoms. The monoisotopic (exact) mass is 201 g/mol. The summed E-state index contributed by atoms with van der Waals surface area (Å²) in [6.07, 6.45) is 5.15. The Hall–Kier alpha value is -2.10. The number of rotatable bonds is 2. The van der Waals surface area contributed by atoms with Crippen LogP contribution in [0.5, 0.6) is 0 Å². The molecule has 0 saturated carbocycles. The van der Waals surface area contributed by atoms with Gasteiger partial charge in [-0.2, -0.15) is 0 Å². The molecule has 4 nitrogen and oxygen atoms in total. The fraction of sp³-hybridized carbons (Fsp3) is 0.0909. The Morgan fingerprint density at radius 2 is 2.40 bits per heavy atom. The lowest BCUT2D eigenvalue weighted by Gasteiger charge is -1.95. The molecule has 0 atom stereocenters. The number of hydrogen-bond donors (Lipinski definition) is 2. The summed E-state index contributed by atoms with van der Waals surface area (Å²) in [7, 11) is 1.61. The van der Waals surface area contributed by atoms with Gasteiger partial charge in [0, 0.05) is 36.9 Å². The lowest BCUT2D eigenvalue weighted by atomic mass is 10.2. The first-order valence-corrected chi connectivity index (χ1v) is 4.62. The van der Waals surface area contributed by atoms with Gasteiger partial charge in [-0.1, -0.05) is 0 Å². The van der Waals surface area contributed by atoms with Crippen molar-refractivity contribution in [2.24, 2.45) is 0 Å². The topological polar surface area (TPSA) is 57.8 Å². The molecule has 2 rings (SSSR count). The fourth-order valence-electron chi connectivity index (χ4n) is 1.36. The summed E-state index contributed by atoms with van der Waals surface area (Å²) >= 11 is 0. The maximum Gasteiger partial charge on any atom is 0.252 e. The van der Waals surface area contributed by atoms with E-state index in [0.717, 1.165) is 11.3 Å². The van der Waals surface area contributed by atoms with Crippen LogP contribution in [0.3, 0.4) is 0 Å². The van der Waals surface area contributed by atoms with E-state index in [1.807, 2.05) is 12.1 Å². The first-order chi connectivity index (χ1) is 7.31. The van der Waals surface area contributed by atoms with E-state index in [-0.39, 0.29) is 5.91 Å². The highest BCUT2D eigenvalue weighted by molar-refractivity contribution is 5.95. The predicted octanol–water partition coefficient (Wildman–Crippen LogP) is 1.44. The SMILES string of the molecule is CNC(=O)c1c[nH]c(-c2cccnc2)c1. The molecule has 2 aromatic heterocycles. The van der Waals surface area contributed by atoms with E-state index in [1.165, 1.54) is 0 Å². The number of carbonyl (C=O) groups excluding carboxylic acids is 1. The van der Waals surface area contributed by atoms with Crippen molar-refractivity contribution in [1.29, 1.82) is 0 Å². The summed E-state index contributed by atoms with van der Waals surface area (Å²) < 4.78 is 0. The van der Waals surface area contributed by atoms with E-state index in [4.69, 9.17) is 0 Å². The maximum atomic E-state index is 11.3. The van der Waals surface area contributed by atoms with Crippen molar-refractivity contribution in [2.75, 3.05) is 7.05 Å². The van der Waals surface area contributed by atoms with Gasteiger partial charge in [-0.3, -0.25) is 9.78 Å². The number of aromatic nitrogens is 2. The van der Waals surface area contributed by atoms with Gasteiger partial charge in [-0.05, 0) is 18.2 Å². The van der Waals surface area contributed by atoms with Crippen LogP contribution in [0.4, 0.5) is 0 Å². The standard InChI is InChI=1S/C11H11N3O/c1-12-11(15)9-5-10(14-7-9)8-3-2-4-13-6-8/h2-7,14H,1H3,(H,12,15). The number of carbonyl (C=O) groups is 1. The first kappa shape index (κ1) is 9.45. The third kappa shape index (κ3) is 1.88. The number of aromatic amines is 1. The van der Waals surface area contributed by atoms with Crippen LogP contribution in [0, 0.1) is 0 Å². The molecule has 0 aromatic carbocycles. The van der Waals surface area contributed by atoms with Gasteiger partial charge < -0.3 is 10.3 Å². The van der Waals surface area contributed by atoms with Crippen LogP contribution in [-0.4, -0.2) is 22.9 Å². The second kappa shape index (κ2) is 3.96. The van der Waals surface area contributed by atoms with Crippen LogP contribution in [-0.2, 0) is 0 Å². The maximum absolute atomic E-state index is 11.3. The number of pyridine rings is 1. The first-order valence-electron chi connectivity index (χ1n) is 4.62. The number of hydrogen-bond acceptors (Lipinski definition) is 2. The molecule has 1 amide bonds. The lowest BCUT2D eigenvalue weighted by Crippen LogP contribution is -2.16. The van der Waals surface area contributed by atoms with E-state index >= 15 is 0 Å². The van der Waals surface area contributed by atoms with Crippen molar-refractivity contribution < 1.29 is 4.79 Å². The molecule has 2 aromatic rings. The molecule has 0 radical (unpaired) electrons. The molecule has 2 N–H and O–H groups in total. The van der Waals surface area contributed by atoms with Gasteiger partial charge in [-0.15, -0.1) is 0 Å². The number of amides is 1. The van der Waals surface area contributed by atoms with Gasteiger partial charge in [0.25, 0.3) is 5.91 Å². The van der Waals surface area contributed by atoms with Crippen molar-refractivity contribution in [2.45, 2.75) is 0 Å². The van der Waals surface area contributed by atoms with Crippen molar-refractivity contribution in [3.8, 4) is 11.3 Å². The zero-order valence-electron chi connectivity index (χ0n) is 8.32. The van der Waals surface area contributed by atoms with Crippen LogP contribution in [0.2, 0.25) is 0 Å². The van der Waals surface area contributed by atoms with E-state index < -0.39 is 0 Å². The number of H-pyrrole nitrogens is 1. The van der Waals surface area contributed by atoms with E-state index in [2.05, 4.69) is 15.3 Å². The minimum Gasteiger partial charge on any atom is -0.360 e. The Balaban J connectivity index is 2.32. The van der Waals surface area contributed by atoms with Gasteiger partial charge >= 0.3 is 0 Å². The minimum atomic E-state index is -0.0959. The van der Waals surface area contributed by atoms with Crippen LogP contribution in [0.25, 0.3) is 11.3 Å². The molecule has 0 aliphatic rings. The lowest BCUT2D eigenvalue weighted by molar-refractivity contribution is 0.0963. The van der Waals surface area contributed by atoms with Crippen LogP contribution < -0.4 is 5.32 Å². The molecule has 76 valence electrons. The van der Waals surface area contributed by atoms with Crippen molar-refractivity contribution >= 4 is 5.91 Å². The van der Waals surface area contributed by atoms with Crippen molar-refractivity contribution in [3.05, 3.63) is 42.4 Å². The van der Waals surface area contributed by atoms with Crippen molar-refractivity contribution in [1.82, 2.24) is 15.3 Å². The average Bonchev–Trinajstić information content (AvgIpc) is 2.78. The summed E-state index contributed by atoms with van der Waals surface area (Å²) in [4.78, 5) is 18.4. The van der Waals surface area contributed by atoms with E-state index in [9.17, 15) is 4.79 Å². The molecule has 15 heavy (non-hydrogen) atoms. The van der Waals surface area contributed by atoms with Crippen LogP contribution >= 0.6 is 0 Å². The average molecular weight is 201 g/mol. The molecule has 4 heteroatoms. The highest BCUT2D eigenvalue weighted by atomic mass is 16.1. The number of nitrogens with one attached hydrogen (secondary N) is 2. The van der Waals surface area contributed by atoms with E-state index in [0.29, 0.717) is 5.56 Å². The van der Waals surface area contributed by atoms with Gasteiger partial charge in [0.15, 0.2) is 0 Å². The normalized spacial score (nSPS) is 9.93. The summed E-state index contributed by atoms with van der Waals surface area (Å²) in [5.74, 6) is -0.0959. The number of nitrogens with zero attached hydrogens (tertiary/aromatic N) is 1. The highest BCUT2D eigenvalue weighted by Crippen LogP contribution is 2.17. The smallest absolute Gasteiger partial charge is 0.252 e. The predicted molar refractivity (Wildman–Crippen MR) is 57.4 cm³/mol. The minimum absolute atomic E-state index is 0.0959. The molecule has 0 fully saturated rings. The Morgan fingerprint density at radius 1 is 1.53 bits per heavy atom. The molecular weight excluding hydrogens is 190 g/mol. The zero-order valence-corrected chi connectivity index (χ0v) is 8.32. The Kier molecular flexibility index (Phi) is 2.49. The van der Waals surface area contributed by atoms with Gasteiger partial charge in [0.1, 0.15) is 0 Å². The van der Waals surface area contributed by atoms with Crippen LogP contribution in [0.15, 0.2) is 36.8 Å². The molecule has 0 aliphatic carbocycles. The van der Waals surface area contributed by atoms with Crippen molar-refractivity contribution in [3.63, 3.8) is 0 Å². The molecular formula is C11H11N3O. The fourth-order valence-corrected chi connectivity index (χ4v) is 1.36. The Labute approximate surface area is 87.4 Å². The third-order valence-electron chi connectivity index (χ3n) is 2.14. The summed E-state index contributed by atoms with van der Waals surface area (Å²) in [5, 5.41) is 2.57. The molecule has 0 unspecified atom stereocenters. The molecule has 0 saturated heterocycles. The molecule has 0 spiro atoms. The second-order valence-corrected chi connectivity index (χ2v) is 3.12. The molecule has 2 heterocycles. The molecule has 0 aliphatic heterocycles. The Morgan fingerprint density at radius 3 is 3.07 bits per heavy atom. The Bertz CT molecular complexity index is 462. The largest absolute Gasteiger partial charge is 0.360 e. The second-order valence-electron chi connectivity index (χ2n) is 3.12. The quantitative estimate of drug-likeness (QED) is 0.772. The highest BCUT2D eigenvalue weighted by Gasteiger charge is 2.06. The van der Waals surface area contributed by atoms with Gasteiger partial charge in [0.05, 0.1) is 5.56 Å². The zero-order chi connectivity index (χ0) is 10.7. The summed E-state index contributed by atoms with van der Waals surface area (Å²) in [6, 6.07) is 5.60. The van der Waals surface area contributed by atoms with Crippen LogP contribution in [0.1, 0.15) is 10.4 Å². The van der Waals surface area contributed by atoms with Gasteiger partial charge in [-0.25, -0.2) is 0 Å². The van der Waals surface area contributed by atoms with E-state index in [1.54, 1.807) is 31.7 Å². The van der Waals surface area contributed by atoms with Gasteiger partial charge in [0.2, 0.25) is 0 Å². The third-order valence-corrected chi connectivity index (χ3v) is 2.14. The summed E-state index contributed by atoms with van der Waals surface area (Å²) in [6.45, 7) is 0.